The number of hydrogen-bond acceptors (Lipinski definition) is 3. The number of aromatic nitrogens is 3. The van der Waals surface area contributed by atoms with Crippen LogP contribution in [0.3, 0.4) is 0 Å². The van der Waals surface area contributed by atoms with Gasteiger partial charge in [-0.25, -0.2) is 4.68 Å². The summed E-state index contributed by atoms with van der Waals surface area (Å²) in [5.74, 6) is 0. The molecule has 0 amide bonds. The number of fused-ring (bicyclic) bond motifs is 3. The Morgan fingerprint density at radius 3 is 2.21 bits per heavy atom. The van der Waals surface area contributed by atoms with Gasteiger partial charge in [-0.05, 0) is 36.7 Å². The Kier molecular flexibility index (Phi) is 6.17. The summed E-state index contributed by atoms with van der Waals surface area (Å²) in [6, 6.07) is 17.8. The zero-order valence-corrected chi connectivity index (χ0v) is 17.0. The van der Waals surface area contributed by atoms with Crippen molar-refractivity contribution in [1.29, 1.82) is 0 Å². The van der Waals surface area contributed by atoms with Gasteiger partial charge < -0.3 is 4.90 Å². The van der Waals surface area contributed by atoms with Gasteiger partial charge in [0.15, 0.2) is 0 Å². The zero-order valence-electron chi connectivity index (χ0n) is 16.2. The fourth-order valence-electron chi connectivity index (χ4n) is 3.68. The molecule has 0 radical (unpaired) electrons. The number of benzene rings is 2. The Bertz CT molecular complexity index is 1130. The maximum Gasteiger partial charge on any atom is 0.260 e. The summed E-state index contributed by atoms with van der Waals surface area (Å²) in [6.07, 6.45) is 1.87. The van der Waals surface area contributed by atoms with Crippen molar-refractivity contribution in [1.82, 2.24) is 19.2 Å². The van der Waals surface area contributed by atoms with Crippen molar-refractivity contribution < 1.29 is 0 Å². The van der Waals surface area contributed by atoms with Crippen LogP contribution in [-0.2, 0) is 6.54 Å². The quantitative estimate of drug-likeness (QED) is 0.492. The lowest BCUT2D eigenvalue weighted by Crippen LogP contribution is -2.31. The van der Waals surface area contributed by atoms with Gasteiger partial charge >= 0.3 is 0 Å². The van der Waals surface area contributed by atoms with Crippen molar-refractivity contribution in [3.05, 3.63) is 71.1 Å². The molecule has 0 spiro atoms. The highest BCUT2D eigenvalue weighted by Crippen LogP contribution is 2.24. The summed E-state index contributed by atoms with van der Waals surface area (Å²) in [5, 5.41) is 7.34. The first-order chi connectivity index (χ1) is 13.2. The minimum atomic E-state index is 0. The molecule has 5 nitrogen and oxygen atoms in total. The van der Waals surface area contributed by atoms with Crippen LogP contribution in [0.4, 0.5) is 0 Å². The van der Waals surface area contributed by atoms with Crippen LogP contribution in [0.2, 0.25) is 0 Å². The van der Waals surface area contributed by atoms with E-state index in [2.05, 4.69) is 23.8 Å². The molecular weight excluding hydrogens is 372 g/mol. The second-order valence-electron chi connectivity index (χ2n) is 6.66. The fourth-order valence-corrected chi connectivity index (χ4v) is 3.68. The number of hydrogen-bond donors (Lipinski definition) is 0. The summed E-state index contributed by atoms with van der Waals surface area (Å²) in [6.45, 7) is 7.72. The van der Waals surface area contributed by atoms with E-state index in [0.29, 0.717) is 6.54 Å². The Morgan fingerprint density at radius 2 is 1.54 bits per heavy atom. The van der Waals surface area contributed by atoms with Crippen molar-refractivity contribution in [2.45, 2.75) is 20.4 Å². The maximum atomic E-state index is 13.3. The van der Waals surface area contributed by atoms with E-state index in [-0.39, 0.29) is 18.0 Å². The molecule has 2 aromatic carbocycles. The molecule has 6 heteroatoms. The zero-order chi connectivity index (χ0) is 18.8. The largest absolute Gasteiger partial charge is 0.302 e. The molecule has 0 N–H and O–H groups in total. The SMILES string of the molecule is CCN(CC)CCn1c(=O)c2ccccc2c2cnn(-c3ccccc3)c21.Cl. The van der Waals surface area contributed by atoms with Crippen LogP contribution in [0.1, 0.15) is 13.8 Å². The maximum absolute atomic E-state index is 13.3. The van der Waals surface area contributed by atoms with Crippen molar-refractivity contribution in [2.24, 2.45) is 0 Å². The van der Waals surface area contributed by atoms with E-state index < -0.39 is 0 Å². The molecule has 0 fully saturated rings. The molecule has 28 heavy (non-hydrogen) atoms. The Labute approximate surface area is 170 Å². The summed E-state index contributed by atoms with van der Waals surface area (Å²) in [4.78, 5) is 15.6. The second-order valence-corrected chi connectivity index (χ2v) is 6.66. The number of para-hydroxylation sites is 1. The summed E-state index contributed by atoms with van der Waals surface area (Å²) in [5.41, 5.74) is 1.86. The lowest BCUT2D eigenvalue weighted by atomic mass is 10.1. The van der Waals surface area contributed by atoms with E-state index in [1.54, 1.807) is 0 Å². The molecule has 0 aliphatic rings. The van der Waals surface area contributed by atoms with Gasteiger partial charge in [0, 0.05) is 23.9 Å². The monoisotopic (exact) mass is 396 g/mol. The summed E-state index contributed by atoms with van der Waals surface area (Å²) >= 11 is 0. The predicted molar refractivity (Wildman–Crippen MR) is 118 cm³/mol. The number of halogens is 1. The van der Waals surface area contributed by atoms with Crippen molar-refractivity contribution in [3.8, 4) is 5.69 Å². The highest BCUT2D eigenvalue weighted by Gasteiger charge is 2.16. The predicted octanol–water partition coefficient (Wildman–Crippen LogP) is 4.10. The van der Waals surface area contributed by atoms with Gasteiger partial charge in [0.05, 0.1) is 11.9 Å². The molecule has 2 heterocycles. The van der Waals surface area contributed by atoms with E-state index in [1.807, 2.05) is 70.0 Å². The van der Waals surface area contributed by atoms with Gasteiger partial charge in [0.1, 0.15) is 5.65 Å². The molecule has 0 atom stereocenters. The highest BCUT2D eigenvalue weighted by atomic mass is 35.5. The third kappa shape index (κ3) is 3.43. The van der Waals surface area contributed by atoms with E-state index in [0.717, 1.165) is 47.1 Å². The van der Waals surface area contributed by atoms with Crippen LogP contribution >= 0.6 is 12.4 Å². The molecule has 0 saturated carbocycles. The summed E-state index contributed by atoms with van der Waals surface area (Å²) in [7, 11) is 0. The normalized spacial score (nSPS) is 11.2. The average Bonchev–Trinajstić information content (AvgIpc) is 3.16. The van der Waals surface area contributed by atoms with Gasteiger partial charge in [-0.2, -0.15) is 5.10 Å². The van der Waals surface area contributed by atoms with Crippen LogP contribution in [0.25, 0.3) is 27.5 Å². The van der Waals surface area contributed by atoms with Crippen molar-refractivity contribution in [3.63, 3.8) is 0 Å². The second kappa shape index (κ2) is 8.59. The van der Waals surface area contributed by atoms with E-state index in [9.17, 15) is 4.79 Å². The third-order valence-corrected chi connectivity index (χ3v) is 5.23. The number of likely N-dealkylation sites (N-methyl/N-ethyl adjacent to an activating group) is 1. The lowest BCUT2D eigenvalue weighted by molar-refractivity contribution is 0.290. The first kappa shape index (κ1) is 20.1. The molecule has 0 aliphatic carbocycles. The molecule has 2 aromatic heterocycles. The number of rotatable bonds is 6. The van der Waals surface area contributed by atoms with E-state index in [4.69, 9.17) is 0 Å². The number of nitrogens with zero attached hydrogens (tertiary/aromatic N) is 4. The van der Waals surface area contributed by atoms with Crippen LogP contribution in [0, 0.1) is 0 Å². The standard InChI is InChI=1S/C22H24N4O.ClH/c1-3-24(4-2)14-15-25-21-20(18-12-8-9-13-19(18)22(25)27)16-23-26(21)17-10-6-5-7-11-17;/h5-13,16H,3-4,14-15H2,1-2H3;1H. The molecule has 0 aliphatic heterocycles. The minimum absolute atomic E-state index is 0. The first-order valence-electron chi connectivity index (χ1n) is 9.51. The van der Waals surface area contributed by atoms with E-state index >= 15 is 0 Å². The topological polar surface area (TPSA) is 43.1 Å². The lowest BCUT2D eigenvalue weighted by Gasteiger charge is -2.20. The molecule has 146 valence electrons. The third-order valence-electron chi connectivity index (χ3n) is 5.23. The summed E-state index contributed by atoms with van der Waals surface area (Å²) < 4.78 is 3.77. The Balaban J connectivity index is 0.00000225. The number of pyridine rings is 1. The van der Waals surface area contributed by atoms with Gasteiger partial charge in [-0.3, -0.25) is 9.36 Å². The molecule has 0 unspecified atom stereocenters. The molecule has 0 bridgehead atoms. The Hall–Kier alpha value is -2.63. The molecule has 0 saturated heterocycles. The minimum Gasteiger partial charge on any atom is -0.302 e. The van der Waals surface area contributed by atoms with Gasteiger partial charge in [-0.1, -0.05) is 50.2 Å². The smallest absolute Gasteiger partial charge is 0.260 e. The van der Waals surface area contributed by atoms with Gasteiger partial charge in [-0.15, -0.1) is 12.4 Å². The van der Waals surface area contributed by atoms with Gasteiger partial charge in [0.2, 0.25) is 0 Å². The van der Waals surface area contributed by atoms with E-state index in [1.165, 1.54) is 0 Å². The first-order valence-corrected chi connectivity index (χ1v) is 9.51. The van der Waals surface area contributed by atoms with Gasteiger partial charge in [0.25, 0.3) is 5.56 Å². The van der Waals surface area contributed by atoms with Crippen LogP contribution < -0.4 is 5.56 Å². The highest BCUT2D eigenvalue weighted by molar-refractivity contribution is 6.04. The van der Waals surface area contributed by atoms with Crippen molar-refractivity contribution in [2.75, 3.05) is 19.6 Å². The fraction of sp³-hybridized carbons (Fsp3) is 0.273. The molecular formula is C22H25ClN4O. The Morgan fingerprint density at radius 1 is 0.893 bits per heavy atom. The van der Waals surface area contributed by atoms with Crippen molar-refractivity contribution >= 4 is 34.2 Å². The van der Waals surface area contributed by atoms with Crippen LogP contribution in [0.5, 0.6) is 0 Å². The van der Waals surface area contributed by atoms with Crippen LogP contribution in [-0.4, -0.2) is 38.9 Å². The average molecular weight is 397 g/mol. The molecule has 4 rings (SSSR count). The van der Waals surface area contributed by atoms with Crippen LogP contribution in [0.15, 0.2) is 65.6 Å². The molecule has 4 aromatic rings.